The first-order valence-electron chi connectivity index (χ1n) is 13.8. The zero-order valence-electron chi connectivity index (χ0n) is 22.5. The van der Waals surface area contributed by atoms with Gasteiger partial charge in [0.05, 0.1) is 40.3 Å². The minimum atomic E-state index is 0.628. The minimum Gasteiger partial charge on any atom is -0.309 e. The molecule has 0 saturated heterocycles. The van der Waals surface area contributed by atoms with Gasteiger partial charge < -0.3 is 9.13 Å². The molecule has 0 spiro atoms. The van der Waals surface area contributed by atoms with Crippen LogP contribution in [0.5, 0.6) is 0 Å². The van der Waals surface area contributed by atoms with Crippen LogP contribution in [-0.4, -0.2) is 9.13 Å². The maximum Gasteiger partial charge on any atom is 0.188 e. The third-order valence-corrected chi connectivity index (χ3v) is 8.13. The fraction of sp³-hybridized carbons (Fsp3) is 0. The molecule has 2 heterocycles. The number of fused-ring (bicyclic) bond motifs is 6. The number of benzene rings is 6. The first kappa shape index (κ1) is 23.8. The van der Waals surface area contributed by atoms with Crippen LogP contribution in [0.2, 0.25) is 0 Å². The average molecular weight is 535 g/mol. The van der Waals surface area contributed by atoms with Crippen LogP contribution < -0.4 is 0 Å². The Morgan fingerprint density at radius 2 is 0.952 bits per heavy atom. The predicted octanol–water partition coefficient (Wildman–Crippen LogP) is 9.97. The molecule has 2 aromatic heterocycles. The molecule has 0 aliphatic carbocycles. The van der Waals surface area contributed by atoms with Crippen LogP contribution >= 0.6 is 0 Å². The Morgan fingerprint density at radius 1 is 0.500 bits per heavy atom. The van der Waals surface area contributed by atoms with Gasteiger partial charge >= 0.3 is 0 Å². The van der Waals surface area contributed by atoms with Gasteiger partial charge in [-0.1, -0.05) is 54.6 Å². The lowest BCUT2D eigenvalue weighted by atomic mass is 10.00. The average Bonchev–Trinajstić information content (AvgIpc) is 3.56. The predicted molar refractivity (Wildman–Crippen MR) is 172 cm³/mol. The first-order chi connectivity index (χ1) is 20.7. The number of hydrogen-bond acceptors (Lipinski definition) is 1. The molecule has 0 aliphatic rings. The van der Waals surface area contributed by atoms with Gasteiger partial charge in [0.25, 0.3) is 0 Å². The van der Waals surface area contributed by atoms with E-state index in [4.69, 9.17) is 6.57 Å². The van der Waals surface area contributed by atoms with Crippen LogP contribution in [0.25, 0.3) is 71.0 Å². The molecule has 0 aliphatic heterocycles. The molecule has 8 rings (SSSR count). The minimum absolute atomic E-state index is 0.628. The highest BCUT2D eigenvalue weighted by Crippen LogP contribution is 2.39. The molecule has 0 bridgehead atoms. The lowest BCUT2D eigenvalue weighted by Gasteiger charge is -2.09. The number of aromatic nitrogens is 2. The monoisotopic (exact) mass is 534 g/mol. The van der Waals surface area contributed by atoms with Crippen molar-refractivity contribution in [2.24, 2.45) is 0 Å². The van der Waals surface area contributed by atoms with Crippen LogP contribution in [0.15, 0.2) is 133 Å². The molecule has 0 amide bonds. The van der Waals surface area contributed by atoms with E-state index in [-0.39, 0.29) is 0 Å². The van der Waals surface area contributed by atoms with Crippen LogP contribution in [0.4, 0.5) is 5.69 Å². The quantitative estimate of drug-likeness (QED) is 0.208. The van der Waals surface area contributed by atoms with Crippen molar-refractivity contribution in [2.75, 3.05) is 0 Å². The number of para-hydroxylation sites is 2. The standard InChI is InChI=1S/C38H22N4/c1-40-28-15-19-38-34(23-28)33-22-27(14-18-37(33)42(38)30-10-6-3-7-11-30)26-13-17-36-32(21-26)31-20-25(24-39)12-16-35(31)41(36)29-8-4-2-5-9-29/h2-23H. The molecule has 6 aromatic carbocycles. The van der Waals surface area contributed by atoms with Crippen molar-refractivity contribution in [3.63, 3.8) is 0 Å². The van der Waals surface area contributed by atoms with Gasteiger partial charge in [0, 0.05) is 27.5 Å². The Bertz CT molecular complexity index is 2240. The topological polar surface area (TPSA) is 38.0 Å². The summed E-state index contributed by atoms with van der Waals surface area (Å²) < 4.78 is 4.53. The van der Waals surface area contributed by atoms with Gasteiger partial charge in [-0.2, -0.15) is 5.26 Å². The number of nitrogens with zero attached hydrogens (tertiary/aromatic N) is 4. The summed E-state index contributed by atoms with van der Waals surface area (Å²) in [6.07, 6.45) is 0. The van der Waals surface area contributed by atoms with Crippen molar-refractivity contribution in [3.8, 4) is 28.6 Å². The van der Waals surface area contributed by atoms with Gasteiger partial charge in [-0.25, -0.2) is 4.85 Å². The zero-order valence-corrected chi connectivity index (χ0v) is 22.5. The summed E-state index contributed by atoms with van der Waals surface area (Å²) >= 11 is 0. The number of nitriles is 1. The lowest BCUT2D eigenvalue weighted by Crippen LogP contribution is -1.93. The maximum atomic E-state index is 9.66. The zero-order chi connectivity index (χ0) is 28.2. The number of hydrogen-bond donors (Lipinski definition) is 0. The van der Waals surface area contributed by atoms with E-state index in [9.17, 15) is 5.26 Å². The molecular formula is C38H22N4. The second-order valence-corrected chi connectivity index (χ2v) is 10.5. The third kappa shape index (κ3) is 3.53. The summed E-state index contributed by atoms with van der Waals surface area (Å²) in [7, 11) is 0. The molecule has 4 nitrogen and oxygen atoms in total. The molecule has 0 N–H and O–H groups in total. The fourth-order valence-electron chi connectivity index (χ4n) is 6.24. The van der Waals surface area contributed by atoms with E-state index < -0.39 is 0 Å². The molecule has 0 saturated carbocycles. The maximum absolute atomic E-state index is 9.66. The Balaban J connectivity index is 1.39. The van der Waals surface area contributed by atoms with Crippen molar-refractivity contribution in [3.05, 3.63) is 150 Å². The van der Waals surface area contributed by atoms with Gasteiger partial charge in [0.2, 0.25) is 0 Å². The molecule has 0 fully saturated rings. The summed E-state index contributed by atoms with van der Waals surface area (Å²) in [5.74, 6) is 0. The molecule has 0 atom stereocenters. The molecule has 0 radical (unpaired) electrons. The van der Waals surface area contributed by atoms with Gasteiger partial charge in [-0.15, -0.1) is 0 Å². The van der Waals surface area contributed by atoms with E-state index in [1.807, 2.05) is 72.8 Å². The van der Waals surface area contributed by atoms with E-state index in [2.05, 4.69) is 80.7 Å². The summed E-state index contributed by atoms with van der Waals surface area (Å²) in [5, 5.41) is 14.0. The SMILES string of the molecule is [C-]#[N+]c1ccc2c(c1)c1cc(-c3ccc4c(c3)c3cc(C#N)ccc3n4-c3ccccc3)ccc1n2-c1ccccc1. The molecule has 8 aromatic rings. The van der Waals surface area contributed by atoms with Crippen LogP contribution in [0.1, 0.15) is 5.56 Å². The van der Waals surface area contributed by atoms with E-state index in [1.54, 1.807) is 0 Å². The molecule has 0 unspecified atom stereocenters. The van der Waals surface area contributed by atoms with Crippen LogP contribution in [-0.2, 0) is 0 Å². The summed E-state index contributed by atoms with van der Waals surface area (Å²) in [6, 6.07) is 48.0. The van der Waals surface area contributed by atoms with E-state index in [0.29, 0.717) is 11.3 Å². The smallest absolute Gasteiger partial charge is 0.188 e. The van der Waals surface area contributed by atoms with E-state index >= 15 is 0 Å². The molecular weight excluding hydrogens is 512 g/mol. The normalized spacial score (nSPS) is 11.3. The van der Waals surface area contributed by atoms with Crippen molar-refractivity contribution >= 4 is 49.3 Å². The fourth-order valence-corrected chi connectivity index (χ4v) is 6.24. The van der Waals surface area contributed by atoms with Crippen molar-refractivity contribution < 1.29 is 0 Å². The lowest BCUT2D eigenvalue weighted by molar-refractivity contribution is 1.18. The van der Waals surface area contributed by atoms with E-state index in [1.165, 1.54) is 0 Å². The summed E-state index contributed by atoms with van der Waals surface area (Å²) in [4.78, 5) is 3.71. The van der Waals surface area contributed by atoms with Gasteiger partial charge in [0.15, 0.2) is 5.69 Å². The highest BCUT2D eigenvalue weighted by atomic mass is 15.0. The highest BCUT2D eigenvalue weighted by molar-refractivity contribution is 6.13. The Hall–Kier alpha value is -6.10. The highest BCUT2D eigenvalue weighted by Gasteiger charge is 2.16. The summed E-state index contributed by atoms with van der Waals surface area (Å²) in [5.41, 5.74) is 9.98. The molecule has 4 heteroatoms. The van der Waals surface area contributed by atoms with Crippen molar-refractivity contribution in [1.29, 1.82) is 5.26 Å². The van der Waals surface area contributed by atoms with Crippen LogP contribution in [0.3, 0.4) is 0 Å². The third-order valence-electron chi connectivity index (χ3n) is 8.13. The second-order valence-electron chi connectivity index (χ2n) is 10.5. The van der Waals surface area contributed by atoms with Crippen molar-refractivity contribution in [2.45, 2.75) is 0 Å². The largest absolute Gasteiger partial charge is 0.309 e. The second kappa shape index (κ2) is 9.24. The van der Waals surface area contributed by atoms with Gasteiger partial charge in [0.1, 0.15) is 0 Å². The summed E-state index contributed by atoms with van der Waals surface area (Å²) in [6.45, 7) is 7.61. The first-order valence-corrected chi connectivity index (χ1v) is 13.8. The van der Waals surface area contributed by atoms with E-state index in [0.717, 1.165) is 66.1 Å². The Morgan fingerprint density at radius 3 is 1.45 bits per heavy atom. The van der Waals surface area contributed by atoms with Crippen LogP contribution in [0, 0.1) is 17.9 Å². The number of rotatable bonds is 3. The van der Waals surface area contributed by atoms with Gasteiger partial charge in [-0.3, -0.25) is 0 Å². The van der Waals surface area contributed by atoms with Gasteiger partial charge in [-0.05, 0) is 95.4 Å². The Kier molecular flexibility index (Phi) is 5.22. The Labute approximate surface area is 242 Å². The molecule has 194 valence electrons. The molecule has 42 heavy (non-hydrogen) atoms. The van der Waals surface area contributed by atoms with Crippen molar-refractivity contribution in [1.82, 2.24) is 9.13 Å².